The number of hydrogen-bond acceptors (Lipinski definition) is 4. The smallest absolute Gasteiger partial charge is 0.261 e. The topological polar surface area (TPSA) is 67.9 Å². The predicted octanol–water partition coefficient (Wildman–Crippen LogP) is 4.86. The van der Waals surface area contributed by atoms with Crippen LogP contribution in [0.2, 0.25) is 0 Å². The molecule has 0 saturated heterocycles. The number of hydrogen-bond donors (Lipinski definition) is 1. The maximum absolute atomic E-state index is 13.7. The second-order valence-corrected chi connectivity index (χ2v) is 9.35. The van der Waals surface area contributed by atoms with Crippen LogP contribution < -0.4 is 14.8 Å². The Morgan fingerprint density at radius 2 is 1.53 bits per heavy atom. The van der Waals surface area contributed by atoms with Crippen LogP contribution in [0.5, 0.6) is 11.5 Å². The van der Waals surface area contributed by atoms with Crippen molar-refractivity contribution in [1.29, 1.82) is 0 Å². The van der Waals surface area contributed by atoms with Gasteiger partial charge in [-0.3, -0.25) is 9.59 Å². The van der Waals surface area contributed by atoms with Crippen LogP contribution in [0.15, 0.2) is 72.8 Å². The fourth-order valence-electron chi connectivity index (χ4n) is 4.15. The van der Waals surface area contributed by atoms with Crippen LogP contribution in [-0.4, -0.2) is 42.5 Å². The number of nitrogens with one attached hydrogen (secondary N) is 1. The molecule has 1 N–H and O–H groups in total. The Balaban J connectivity index is 1.93. The number of carbonyl (C=O) groups excluding carboxylic acids is 2. The Labute approximate surface area is 214 Å². The van der Waals surface area contributed by atoms with E-state index in [1.807, 2.05) is 94.4 Å². The Bertz CT molecular complexity index is 1140. The van der Waals surface area contributed by atoms with E-state index in [1.165, 1.54) is 0 Å². The summed E-state index contributed by atoms with van der Waals surface area (Å²) >= 11 is 0. The van der Waals surface area contributed by atoms with Gasteiger partial charge in [-0.1, -0.05) is 48.5 Å². The van der Waals surface area contributed by atoms with E-state index in [0.29, 0.717) is 17.9 Å². The number of aryl methyl sites for hydroxylation is 2. The van der Waals surface area contributed by atoms with Crippen molar-refractivity contribution >= 4 is 11.8 Å². The van der Waals surface area contributed by atoms with Crippen LogP contribution in [0.3, 0.4) is 0 Å². The van der Waals surface area contributed by atoms with E-state index in [9.17, 15) is 9.59 Å². The Kier molecular flexibility index (Phi) is 9.51. The normalized spacial score (nSPS) is 11.6. The van der Waals surface area contributed by atoms with Gasteiger partial charge in [-0.15, -0.1) is 0 Å². The van der Waals surface area contributed by atoms with Gasteiger partial charge in [0.1, 0.15) is 17.5 Å². The summed E-state index contributed by atoms with van der Waals surface area (Å²) in [5, 5.41) is 3.00. The zero-order chi connectivity index (χ0) is 26.1. The van der Waals surface area contributed by atoms with E-state index in [1.54, 1.807) is 12.0 Å². The number of ether oxygens (including phenoxy) is 2. The van der Waals surface area contributed by atoms with Crippen molar-refractivity contribution in [3.8, 4) is 11.5 Å². The minimum absolute atomic E-state index is 0.0592. The quantitative estimate of drug-likeness (QED) is 0.419. The number of nitrogens with zero attached hydrogens (tertiary/aromatic N) is 1. The van der Waals surface area contributed by atoms with Crippen molar-refractivity contribution in [3.05, 3.63) is 95.1 Å². The fraction of sp³-hybridized carbons (Fsp3) is 0.333. The Morgan fingerprint density at radius 3 is 2.17 bits per heavy atom. The first-order chi connectivity index (χ1) is 17.2. The number of amides is 2. The van der Waals surface area contributed by atoms with E-state index in [4.69, 9.17) is 9.47 Å². The molecule has 0 aromatic heterocycles. The van der Waals surface area contributed by atoms with Gasteiger partial charge in [-0.25, -0.2) is 0 Å². The first-order valence-electron chi connectivity index (χ1n) is 12.2. The van der Waals surface area contributed by atoms with Gasteiger partial charge in [0.25, 0.3) is 5.91 Å². The molecule has 36 heavy (non-hydrogen) atoms. The third kappa shape index (κ3) is 7.87. The largest absolute Gasteiger partial charge is 0.497 e. The molecule has 6 nitrogen and oxygen atoms in total. The van der Waals surface area contributed by atoms with Gasteiger partial charge in [0.05, 0.1) is 7.11 Å². The number of methoxy groups -OCH3 is 1. The molecule has 2 amide bonds. The molecule has 0 aliphatic heterocycles. The molecule has 0 aliphatic carbocycles. The highest BCUT2D eigenvalue weighted by Crippen LogP contribution is 2.20. The molecule has 3 aromatic rings. The molecule has 0 bridgehead atoms. The lowest BCUT2D eigenvalue weighted by Crippen LogP contribution is -2.52. The number of rotatable bonds is 11. The van der Waals surface area contributed by atoms with Gasteiger partial charge in [0.15, 0.2) is 6.61 Å². The molecular weight excluding hydrogens is 452 g/mol. The molecule has 0 spiro atoms. The lowest BCUT2D eigenvalue weighted by molar-refractivity contribution is -0.143. The number of benzene rings is 3. The summed E-state index contributed by atoms with van der Waals surface area (Å²) in [6, 6.07) is 22.4. The fourth-order valence-corrected chi connectivity index (χ4v) is 4.15. The maximum Gasteiger partial charge on any atom is 0.261 e. The van der Waals surface area contributed by atoms with Crippen molar-refractivity contribution < 1.29 is 19.1 Å². The summed E-state index contributed by atoms with van der Waals surface area (Å²) in [5.74, 6) is 0.861. The highest BCUT2D eigenvalue weighted by atomic mass is 16.5. The van der Waals surface area contributed by atoms with E-state index >= 15 is 0 Å². The Hall–Kier alpha value is -3.80. The van der Waals surface area contributed by atoms with Crippen LogP contribution in [0.25, 0.3) is 0 Å². The van der Waals surface area contributed by atoms with Crippen molar-refractivity contribution in [3.63, 3.8) is 0 Å². The van der Waals surface area contributed by atoms with Crippen LogP contribution in [0.4, 0.5) is 0 Å². The Morgan fingerprint density at radius 1 is 0.861 bits per heavy atom. The SMILES string of the molecule is COc1cccc(CN(C(=O)COc2cc(C)cc(C)c2)C(Cc2ccccc2)C(=O)NC(C)C)c1. The zero-order valence-corrected chi connectivity index (χ0v) is 21.8. The highest BCUT2D eigenvalue weighted by molar-refractivity contribution is 5.88. The third-order valence-corrected chi connectivity index (χ3v) is 5.75. The van der Waals surface area contributed by atoms with Gasteiger partial charge in [0, 0.05) is 19.0 Å². The van der Waals surface area contributed by atoms with Gasteiger partial charge >= 0.3 is 0 Å². The second-order valence-electron chi connectivity index (χ2n) is 9.35. The standard InChI is InChI=1S/C30H36N2O4/c1-21(2)31-30(34)28(18-24-10-7-6-8-11-24)32(19-25-12-9-13-26(17-25)35-5)29(33)20-36-27-15-22(3)14-23(4)16-27/h6-17,21,28H,18-20H2,1-5H3,(H,31,34). The molecule has 0 radical (unpaired) electrons. The van der Waals surface area contributed by atoms with Crippen LogP contribution in [-0.2, 0) is 22.6 Å². The van der Waals surface area contributed by atoms with Crippen molar-refractivity contribution in [2.24, 2.45) is 0 Å². The van der Waals surface area contributed by atoms with Gasteiger partial charge < -0.3 is 19.7 Å². The molecule has 1 unspecified atom stereocenters. The molecular formula is C30H36N2O4. The van der Waals surface area contributed by atoms with Gasteiger partial charge in [-0.05, 0) is 74.2 Å². The van der Waals surface area contributed by atoms with Crippen LogP contribution >= 0.6 is 0 Å². The summed E-state index contributed by atoms with van der Waals surface area (Å²) in [4.78, 5) is 28.7. The predicted molar refractivity (Wildman–Crippen MR) is 142 cm³/mol. The summed E-state index contributed by atoms with van der Waals surface area (Å²) in [6.07, 6.45) is 0.388. The molecule has 3 rings (SSSR count). The molecule has 190 valence electrons. The van der Waals surface area contributed by atoms with E-state index in [0.717, 1.165) is 22.3 Å². The monoisotopic (exact) mass is 488 g/mol. The first-order valence-corrected chi connectivity index (χ1v) is 12.2. The minimum Gasteiger partial charge on any atom is -0.497 e. The second kappa shape index (κ2) is 12.8. The molecule has 0 heterocycles. The summed E-state index contributed by atoms with van der Waals surface area (Å²) in [6.45, 7) is 7.87. The minimum atomic E-state index is -0.712. The van der Waals surface area contributed by atoms with Gasteiger partial charge in [0.2, 0.25) is 5.91 Å². The van der Waals surface area contributed by atoms with Crippen molar-refractivity contribution in [2.75, 3.05) is 13.7 Å². The molecule has 6 heteroatoms. The highest BCUT2D eigenvalue weighted by Gasteiger charge is 2.31. The molecule has 0 saturated carbocycles. The van der Waals surface area contributed by atoms with Crippen LogP contribution in [0.1, 0.15) is 36.1 Å². The number of carbonyl (C=O) groups is 2. The third-order valence-electron chi connectivity index (χ3n) is 5.75. The molecule has 3 aromatic carbocycles. The maximum atomic E-state index is 13.7. The molecule has 0 fully saturated rings. The summed E-state index contributed by atoms with van der Waals surface area (Å²) in [5.41, 5.74) is 3.96. The van der Waals surface area contributed by atoms with E-state index in [2.05, 4.69) is 11.4 Å². The average molecular weight is 489 g/mol. The molecule has 1 atom stereocenters. The average Bonchev–Trinajstić information content (AvgIpc) is 2.84. The van der Waals surface area contributed by atoms with Crippen molar-refractivity contribution in [1.82, 2.24) is 10.2 Å². The first kappa shape index (κ1) is 26.8. The molecule has 0 aliphatic rings. The van der Waals surface area contributed by atoms with Crippen LogP contribution in [0, 0.1) is 13.8 Å². The van der Waals surface area contributed by atoms with E-state index in [-0.39, 0.29) is 31.0 Å². The zero-order valence-electron chi connectivity index (χ0n) is 21.8. The van der Waals surface area contributed by atoms with E-state index < -0.39 is 6.04 Å². The van der Waals surface area contributed by atoms with Gasteiger partial charge in [-0.2, -0.15) is 0 Å². The lowest BCUT2D eigenvalue weighted by Gasteiger charge is -2.32. The summed E-state index contributed by atoms with van der Waals surface area (Å²) in [7, 11) is 1.61. The summed E-state index contributed by atoms with van der Waals surface area (Å²) < 4.78 is 11.3. The lowest BCUT2D eigenvalue weighted by atomic mass is 10.0. The van der Waals surface area contributed by atoms with Crippen molar-refractivity contribution in [2.45, 2.75) is 52.7 Å².